The molecule has 0 bridgehead atoms. The van der Waals surface area contributed by atoms with Crippen molar-refractivity contribution < 1.29 is 19.1 Å². The second-order valence-electron chi connectivity index (χ2n) is 7.89. The van der Waals surface area contributed by atoms with Gasteiger partial charge in [0.1, 0.15) is 17.4 Å². The third-order valence-electron chi connectivity index (χ3n) is 5.21. The number of nitrogen functional groups attached to an aromatic ring is 1. The fraction of sp³-hybridized carbons (Fsp3) is 0.400. The third-order valence-corrected chi connectivity index (χ3v) is 6.42. The minimum atomic E-state index is -1.16. The molecule has 30 heavy (non-hydrogen) atoms. The summed E-state index contributed by atoms with van der Waals surface area (Å²) in [5, 5.41) is 3.21. The molecule has 0 saturated heterocycles. The number of nitrogens with one attached hydrogen (secondary N) is 1. The van der Waals surface area contributed by atoms with Crippen LogP contribution in [-0.4, -0.2) is 34.9 Å². The van der Waals surface area contributed by atoms with Gasteiger partial charge in [-0.1, -0.05) is 0 Å². The number of rotatable bonds is 4. The number of thiophene rings is 1. The molecule has 0 unspecified atom stereocenters. The fourth-order valence-corrected chi connectivity index (χ4v) is 5.14. The summed E-state index contributed by atoms with van der Waals surface area (Å²) in [6.45, 7) is 2.95. The van der Waals surface area contributed by atoms with E-state index in [4.69, 9.17) is 16.2 Å². The molecule has 0 fully saturated rings. The number of hydrogen-bond donors (Lipinski definition) is 3. The smallest absolute Gasteiger partial charge is 0.272 e. The maximum Gasteiger partial charge on any atom is 0.272 e. The molecule has 4 rings (SSSR count). The Kier molecular flexibility index (Phi) is 4.89. The average Bonchev–Trinajstić information content (AvgIpc) is 3.04. The number of carbonyl (C=O) groups is 3. The second kappa shape index (κ2) is 7.28. The number of fused-ring (bicyclic) bond motifs is 2. The van der Waals surface area contributed by atoms with Gasteiger partial charge >= 0.3 is 0 Å². The van der Waals surface area contributed by atoms with E-state index in [9.17, 15) is 14.4 Å². The van der Waals surface area contributed by atoms with Crippen LogP contribution in [0.15, 0.2) is 12.1 Å². The SMILES string of the molecule is CC1(C)Oc2ccc(N)nc2N(CC(=O)Nc2sc3c(c2C(N)=O)CCCC3)C1=O. The lowest BCUT2D eigenvalue weighted by atomic mass is 9.95. The van der Waals surface area contributed by atoms with Crippen molar-refractivity contribution in [3.05, 3.63) is 28.1 Å². The van der Waals surface area contributed by atoms with Crippen LogP contribution in [0.25, 0.3) is 0 Å². The number of amides is 3. The van der Waals surface area contributed by atoms with E-state index in [1.165, 1.54) is 16.2 Å². The van der Waals surface area contributed by atoms with Gasteiger partial charge in [0.15, 0.2) is 17.2 Å². The average molecular weight is 430 g/mol. The van der Waals surface area contributed by atoms with Crippen molar-refractivity contribution >= 4 is 45.7 Å². The number of nitrogens with two attached hydrogens (primary N) is 2. The Morgan fingerprint density at radius 3 is 2.77 bits per heavy atom. The van der Waals surface area contributed by atoms with Gasteiger partial charge in [0, 0.05) is 4.88 Å². The van der Waals surface area contributed by atoms with Crippen molar-refractivity contribution in [3.8, 4) is 5.75 Å². The minimum absolute atomic E-state index is 0.190. The van der Waals surface area contributed by atoms with Crippen molar-refractivity contribution in [2.45, 2.75) is 45.1 Å². The molecule has 3 heterocycles. The molecular formula is C20H23N5O4S. The van der Waals surface area contributed by atoms with Crippen LogP contribution in [0.5, 0.6) is 5.75 Å². The van der Waals surface area contributed by atoms with Gasteiger partial charge in [-0.15, -0.1) is 11.3 Å². The van der Waals surface area contributed by atoms with Crippen molar-refractivity contribution in [1.29, 1.82) is 0 Å². The monoisotopic (exact) mass is 429 g/mol. The second-order valence-corrected chi connectivity index (χ2v) is 8.99. The number of nitrogens with zero attached hydrogens (tertiary/aromatic N) is 2. The first kappa shape index (κ1) is 20.1. The van der Waals surface area contributed by atoms with Crippen LogP contribution in [0.2, 0.25) is 0 Å². The first-order chi connectivity index (χ1) is 14.2. The highest BCUT2D eigenvalue weighted by molar-refractivity contribution is 7.17. The molecule has 0 atom stereocenters. The molecule has 0 spiro atoms. The van der Waals surface area contributed by atoms with Crippen LogP contribution in [0.4, 0.5) is 16.6 Å². The van der Waals surface area contributed by atoms with Crippen LogP contribution in [0.1, 0.15) is 47.5 Å². The Morgan fingerprint density at radius 1 is 1.30 bits per heavy atom. The van der Waals surface area contributed by atoms with Gasteiger partial charge in [0.25, 0.3) is 11.8 Å². The number of aryl methyl sites for hydroxylation is 1. The molecule has 2 aromatic rings. The van der Waals surface area contributed by atoms with Crippen molar-refractivity contribution in [1.82, 2.24) is 4.98 Å². The number of pyridine rings is 1. The molecule has 1 aliphatic carbocycles. The van der Waals surface area contributed by atoms with Gasteiger partial charge in [-0.3, -0.25) is 19.3 Å². The topological polar surface area (TPSA) is 141 Å². The third kappa shape index (κ3) is 3.47. The Bertz CT molecular complexity index is 1060. The minimum Gasteiger partial charge on any atom is -0.474 e. The number of aromatic nitrogens is 1. The summed E-state index contributed by atoms with van der Waals surface area (Å²) in [6, 6.07) is 3.19. The van der Waals surface area contributed by atoms with E-state index in [-0.39, 0.29) is 18.2 Å². The van der Waals surface area contributed by atoms with Gasteiger partial charge in [0.05, 0.1) is 5.56 Å². The number of primary amides is 1. The van der Waals surface area contributed by atoms with Crippen LogP contribution in [-0.2, 0) is 22.4 Å². The maximum atomic E-state index is 12.9. The normalized spacial score (nSPS) is 17.0. The van der Waals surface area contributed by atoms with E-state index in [1.807, 2.05) is 0 Å². The highest BCUT2D eigenvalue weighted by Crippen LogP contribution is 2.39. The van der Waals surface area contributed by atoms with E-state index in [2.05, 4.69) is 10.3 Å². The number of carbonyl (C=O) groups excluding carboxylic acids is 3. The first-order valence-corrected chi connectivity index (χ1v) is 10.5. The summed E-state index contributed by atoms with van der Waals surface area (Å²) in [5.41, 5.74) is 11.5. The van der Waals surface area contributed by atoms with Crippen LogP contribution in [0.3, 0.4) is 0 Å². The lowest BCUT2D eigenvalue weighted by molar-refractivity contribution is -0.133. The Hall–Kier alpha value is -3.14. The molecule has 0 saturated carbocycles. The van der Waals surface area contributed by atoms with E-state index in [0.717, 1.165) is 36.1 Å². The molecule has 1 aliphatic heterocycles. The molecule has 5 N–H and O–H groups in total. The molecule has 2 aliphatic rings. The molecule has 9 nitrogen and oxygen atoms in total. The Balaban J connectivity index is 1.62. The molecule has 158 valence electrons. The van der Waals surface area contributed by atoms with Crippen LogP contribution in [0, 0.1) is 0 Å². The zero-order valence-corrected chi connectivity index (χ0v) is 17.6. The standard InChI is InChI=1S/C20H23N5O4S/c1-20(2)19(28)25(17-11(29-20)7-8-13(21)23-17)9-14(26)24-18-15(16(22)27)10-5-3-4-6-12(10)30-18/h7-8H,3-6,9H2,1-2H3,(H2,21,23)(H2,22,27)(H,24,26). The van der Waals surface area contributed by atoms with Crippen molar-refractivity contribution in [2.24, 2.45) is 5.73 Å². The van der Waals surface area contributed by atoms with E-state index in [0.29, 0.717) is 16.3 Å². The lowest BCUT2D eigenvalue weighted by Crippen LogP contribution is -2.54. The van der Waals surface area contributed by atoms with Gasteiger partial charge < -0.3 is 21.5 Å². The largest absolute Gasteiger partial charge is 0.474 e. The Labute approximate surface area is 177 Å². The van der Waals surface area contributed by atoms with Gasteiger partial charge in [0.2, 0.25) is 5.91 Å². The quantitative estimate of drug-likeness (QED) is 0.677. The number of anilines is 3. The number of hydrogen-bond acceptors (Lipinski definition) is 7. The number of ether oxygens (including phenoxy) is 1. The van der Waals surface area contributed by atoms with Gasteiger partial charge in [-0.2, -0.15) is 0 Å². The fourth-order valence-electron chi connectivity index (χ4n) is 3.83. The van der Waals surface area contributed by atoms with Crippen molar-refractivity contribution in [3.63, 3.8) is 0 Å². The van der Waals surface area contributed by atoms with Gasteiger partial charge in [-0.05, 0) is 57.2 Å². The predicted molar refractivity (Wildman–Crippen MR) is 114 cm³/mol. The molecule has 2 aromatic heterocycles. The summed E-state index contributed by atoms with van der Waals surface area (Å²) >= 11 is 1.37. The zero-order valence-electron chi connectivity index (χ0n) is 16.8. The van der Waals surface area contributed by atoms with Crippen LogP contribution >= 0.6 is 11.3 Å². The molecule has 0 aromatic carbocycles. The highest BCUT2D eigenvalue weighted by Gasteiger charge is 2.42. The molecule has 0 radical (unpaired) electrons. The summed E-state index contributed by atoms with van der Waals surface area (Å²) in [6.07, 6.45) is 3.66. The van der Waals surface area contributed by atoms with Gasteiger partial charge in [-0.25, -0.2) is 4.98 Å². The van der Waals surface area contributed by atoms with E-state index < -0.39 is 23.3 Å². The maximum absolute atomic E-state index is 12.9. The zero-order chi connectivity index (χ0) is 21.6. The highest BCUT2D eigenvalue weighted by atomic mass is 32.1. The summed E-state index contributed by atoms with van der Waals surface area (Å²) in [7, 11) is 0. The summed E-state index contributed by atoms with van der Waals surface area (Å²) < 4.78 is 5.72. The van der Waals surface area contributed by atoms with Crippen LogP contribution < -0.4 is 26.4 Å². The lowest BCUT2D eigenvalue weighted by Gasteiger charge is -2.37. The summed E-state index contributed by atoms with van der Waals surface area (Å²) in [5.74, 6) is -0.674. The molecule has 3 amide bonds. The molecular weight excluding hydrogens is 406 g/mol. The molecule has 10 heteroatoms. The van der Waals surface area contributed by atoms with E-state index in [1.54, 1.807) is 26.0 Å². The summed E-state index contributed by atoms with van der Waals surface area (Å²) in [4.78, 5) is 44.3. The van der Waals surface area contributed by atoms with Crippen molar-refractivity contribution in [2.75, 3.05) is 22.5 Å². The first-order valence-electron chi connectivity index (χ1n) is 9.69. The Morgan fingerprint density at radius 2 is 2.03 bits per heavy atom. The predicted octanol–water partition coefficient (Wildman–Crippen LogP) is 1.85. The van der Waals surface area contributed by atoms with E-state index >= 15 is 0 Å².